The summed E-state index contributed by atoms with van der Waals surface area (Å²) in [4.78, 5) is 33.6. The van der Waals surface area contributed by atoms with Crippen LogP contribution in [0.3, 0.4) is 0 Å². The zero-order valence-corrected chi connectivity index (χ0v) is 28.5. The van der Waals surface area contributed by atoms with Gasteiger partial charge in [-0.05, 0) is 60.9 Å². The highest BCUT2D eigenvalue weighted by molar-refractivity contribution is 7.98. The van der Waals surface area contributed by atoms with Crippen LogP contribution in [0.1, 0.15) is 42.3 Å². The van der Waals surface area contributed by atoms with Crippen LogP contribution in [0.2, 0.25) is 0 Å². The predicted octanol–water partition coefficient (Wildman–Crippen LogP) is 9.26. The first-order chi connectivity index (χ1) is 24.4. The summed E-state index contributed by atoms with van der Waals surface area (Å²) in [5.74, 6) is -2.19. The van der Waals surface area contributed by atoms with Gasteiger partial charge in [0.2, 0.25) is 5.91 Å². The Hall–Kier alpha value is -5.23. The molecule has 0 N–H and O–H groups in total. The number of para-hydroxylation sites is 1. The minimum atomic E-state index is -4.43. The second-order valence-electron chi connectivity index (χ2n) is 12.4. The van der Waals surface area contributed by atoms with E-state index in [1.807, 2.05) is 36.7 Å². The van der Waals surface area contributed by atoms with Crippen LogP contribution in [-0.4, -0.2) is 24.9 Å². The van der Waals surface area contributed by atoms with Crippen molar-refractivity contribution in [2.75, 3.05) is 0 Å². The number of nitrogens with zero attached hydrogens (tertiary/aromatic N) is 4. The van der Waals surface area contributed by atoms with Crippen molar-refractivity contribution in [3.05, 3.63) is 154 Å². The molecule has 6 rings (SSSR count). The van der Waals surface area contributed by atoms with Gasteiger partial charge in [-0.15, -0.1) is 11.8 Å². The van der Waals surface area contributed by atoms with Gasteiger partial charge >= 0.3 is 6.18 Å². The highest BCUT2D eigenvalue weighted by Crippen LogP contribution is 2.31. The minimum Gasteiger partial charge on any atom is -0.335 e. The van der Waals surface area contributed by atoms with Crippen LogP contribution in [-0.2, 0) is 36.4 Å². The van der Waals surface area contributed by atoms with Crippen molar-refractivity contribution in [3.8, 4) is 11.1 Å². The summed E-state index contributed by atoms with van der Waals surface area (Å²) >= 11 is 1.13. The van der Waals surface area contributed by atoms with Crippen molar-refractivity contribution in [2.45, 2.75) is 56.5 Å². The number of amides is 1. The number of aromatic nitrogens is 3. The number of alkyl halides is 3. The Bertz CT molecular complexity index is 2230. The maximum atomic E-state index is 14.5. The summed E-state index contributed by atoms with van der Waals surface area (Å²) in [5.41, 5.74) is 2.44. The van der Waals surface area contributed by atoms with Gasteiger partial charge in [0.1, 0.15) is 6.54 Å². The summed E-state index contributed by atoms with van der Waals surface area (Å²) in [7, 11) is 0. The fourth-order valence-corrected chi connectivity index (χ4v) is 6.71. The van der Waals surface area contributed by atoms with Gasteiger partial charge in [0.25, 0.3) is 0 Å². The third kappa shape index (κ3) is 8.23. The van der Waals surface area contributed by atoms with Gasteiger partial charge in [0, 0.05) is 41.6 Å². The summed E-state index contributed by atoms with van der Waals surface area (Å²) < 4.78 is 71.3. The van der Waals surface area contributed by atoms with Gasteiger partial charge in [0.05, 0.1) is 34.7 Å². The molecule has 0 aliphatic carbocycles. The van der Waals surface area contributed by atoms with Crippen LogP contribution in [0.5, 0.6) is 0 Å². The van der Waals surface area contributed by atoms with Crippen molar-refractivity contribution < 1.29 is 26.7 Å². The molecule has 0 spiro atoms. The standard InChI is InChI=1S/C39H33F5N4O2S/c1-25(2)47-21-31(45-24-47)20-46(19-26-10-12-27(13-11-26)28-14-16-30(17-15-28)39(42,43)44)36(50)22-48-34-9-4-3-7-32(34)35(49)18-37(48)51-23-29-6-5-8-33(40)38(29)41/h3-18,21,24-25H,19-20,22-23H2,1-2H3. The molecule has 0 aliphatic heterocycles. The number of hydrogen-bond acceptors (Lipinski definition) is 4. The summed E-state index contributed by atoms with van der Waals surface area (Å²) in [6, 6.07) is 24.6. The van der Waals surface area contributed by atoms with E-state index in [9.17, 15) is 31.5 Å². The number of pyridine rings is 1. The summed E-state index contributed by atoms with van der Waals surface area (Å²) in [6.07, 6.45) is -0.844. The molecule has 6 aromatic rings. The first kappa shape index (κ1) is 35.6. The quantitative estimate of drug-likeness (QED) is 0.0991. The van der Waals surface area contributed by atoms with Gasteiger partial charge in [-0.2, -0.15) is 13.2 Å². The van der Waals surface area contributed by atoms with Gasteiger partial charge < -0.3 is 14.0 Å². The number of thioether (sulfide) groups is 1. The average Bonchev–Trinajstić information content (AvgIpc) is 3.59. The summed E-state index contributed by atoms with van der Waals surface area (Å²) in [5, 5.41) is 0.827. The Morgan fingerprint density at radius 1 is 0.882 bits per heavy atom. The van der Waals surface area contributed by atoms with E-state index in [1.54, 1.807) is 52.2 Å². The summed E-state index contributed by atoms with van der Waals surface area (Å²) in [6.45, 7) is 4.24. The Balaban J connectivity index is 1.30. The first-order valence-electron chi connectivity index (χ1n) is 16.1. The van der Waals surface area contributed by atoms with Gasteiger partial charge in [-0.25, -0.2) is 13.8 Å². The van der Waals surface area contributed by atoms with Crippen molar-refractivity contribution in [3.63, 3.8) is 0 Å². The van der Waals surface area contributed by atoms with Crippen LogP contribution in [0.25, 0.3) is 22.0 Å². The lowest BCUT2D eigenvalue weighted by atomic mass is 10.0. The minimum absolute atomic E-state index is 0.0250. The van der Waals surface area contributed by atoms with Crippen LogP contribution >= 0.6 is 11.8 Å². The molecule has 0 fully saturated rings. The molecule has 0 atom stereocenters. The molecule has 262 valence electrons. The molecule has 0 unspecified atom stereocenters. The molecular weight excluding hydrogens is 684 g/mol. The monoisotopic (exact) mass is 716 g/mol. The number of fused-ring (bicyclic) bond motifs is 1. The van der Waals surface area contributed by atoms with E-state index in [2.05, 4.69) is 4.98 Å². The van der Waals surface area contributed by atoms with E-state index in [-0.39, 0.29) is 48.3 Å². The largest absolute Gasteiger partial charge is 0.416 e. The Morgan fingerprint density at radius 2 is 1.57 bits per heavy atom. The number of rotatable bonds is 11. The molecule has 12 heteroatoms. The van der Waals surface area contributed by atoms with Gasteiger partial charge in [-0.1, -0.05) is 60.7 Å². The van der Waals surface area contributed by atoms with Crippen molar-refractivity contribution in [2.24, 2.45) is 0 Å². The Labute approximate surface area is 295 Å². The van der Waals surface area contributed by atoms with Gasteiger partial charge in [-0.3, -0.25) is 9.59 Å². The Morgan fingerprint density at radius 3 is 2.24 bits per heavy atom. The number of halogens is 5. The molecule has 0 saturated carbocycles. The lowest BCUT2D eigenvalue weighted by molar-refractivity contribution is -0.137. The lowest BCUT2D eigenvalue weighted by Gasteiger charge is -2.25. The number of carbonyl (C=O) groups is 1. The molecule has 2 heterocycles. The molecule has 6 nitrogen and oxygen atoms in total. The normalized spacial score (nSPS) is 11.8. The highest BCUT2D eigenvalue weighted by atomic mass is 32.2. The smallest absolute Gasteiger partial charge is 0.335 e. The van der Waals surface area contributed by atoms with Crippen LogP contribution in [0.15, 0.2) is 119 Å². The molecular formula is C39H33F5N4O2S. The van der Waals surface area contributed by atoms with Crippen molar-refractivity contribution in [1.29, 1.82) is 0 Å². The van der Waals surface area contributed by atoms with Crippen LogP contribution < -0.4 is 5.43 Å². The van der Waals surface area contributed by atoms with E-state index in [1.165, 1.54) is 30.3 Å². The molecule has 0 bridgehead atoms. The average molecular weight is 717 g/mol. The molecule has 4 aromatic carbocycles. The zero-order chi connectivity index (χ0) is 36.3. The fourth-order valence-electron chi connectivity index (χ4n) is 5.68. The van der Waals surface area contributed by atoms with E-state index < -0.39 is 23.4 Å². The second-order valence-corrected chi connectivity index (χ2v) is 13.4. The maximum Gasteiger partial charge on any atom is 0.416 e. The van der Waals surface area contributed by atoms with E-state index >= 15 is 0 Å². The van der Waals surface area contributed by atoms with E-state index in [0.717, 1.165) is 41.1 Å². The third-order valence-electron chi connectivity index (χ3n) is 8.51. The predicted molar refractivity (Wildman–Crippen MR) is 188 cm³/mol. The molecule has 0 saturated heterocycles. The SMILES string of the molecule is CC(C)n1cnc(CN(Cc2ccc(-c3ccc(C(F)(F)F)cc3)cc2)C(=O)Cn2c(SCc3cccc(F)c3F)cc(=O)c3ccccc32)c1. The highest BCUT2D eigenvalue weighted by Gasteiger charge is 2.30. The molecule has 2 aromatic heterocycles. The van der Waals surface area contributed by atoms with Crippen molar-refractivity contribution in [1.82, 2.24) is 19.0 Å². The lowest BCUT2D eigenvalue weighted by Crippen LogP contribution is -2.34. The topological polar surface area (TPSA) is 60.1 Å². The first-order valence-corrected chi connectivity index (χ1v) is 17.1. The molecule has 0 radical (unpaired) electrons. The Kier molecular flexibility index (Phi) is 10.4. The number of imidazole rings is 1. The second kappa shape index (κ2) is 14.9. The fraction of sp³-hybridized carbons (Fsp3) is 0.205. The van der Waals surface area contributed by atoms with E-state index in [0.29, 0.717) is 27.2 Å². The van der Waals surface area contributed by atoms with Crippen molar-refractivity contribution >= 4 is 28.6 Å². The molecule has 51 heavy (non-hydrogen) atoms. The van der Waals surface area contributed by atoms with Crippen LogP contribution in [0, 0.1) is 11.6 Å². The van der Waals surface area contributed by atoms with Crippen LogP contribution in [0.4, 0.5) is 22.0 Å². The molecule has 1 amide bonds. The number of benzene rings is 4. The zero-order valence-electron chi connectivity index (χ0n) is 27.7. The number of hydrogen-bond donors (Lipinski definition) is 0. The molecule has 0 aliphatic rings. The third-order valence-corrected chi connectivity index (χ3v) is 9.60. The number of carbonyl (C=O) groups excluding carboxylic acids is 1. The van der Waals surface area contributed by atoms with E-state index in [4.69, 9.17) is 0 Å². The van der Waals surface area contributed by atoms with Gasteiger partial charge in [0.15, 0.2) is 17.1 Å². The maximum absolute atomic E-state index is 14.5.